The molecule has 0 radical (unpaired) electrons. The van der Waals surface area contributed by atoms with Gasteiger partial charge in [0.05, 0.1) is 40.1 Å². The van der Waals surface area contributed by atoms with Gasteiger partial charge in [0.25, 0.3) is 0 Å². The number of hydrogen-bond donors (Lipinski definition) is 1. The largest absolute Gasteiger partial charge is 0.433 e. The van der Waals surface area contributed by atoms with Gasteiger partial charge in [0.15, 0.2) is 0 Å². The molecule has 1 aromatic carbocycles. The summed E-state index contributed by atoms with van der Waals surface area (Å²) in [6.07, 6.45) is 0. The van der Waals surface area contributed by atoms with Crippen molar-refractivity contribution in [2.75, 3.05) is 5.32 Å². The number of benzene rings is 1. The third-order valence-corrected chi connectivity index (χ3v) is 3.83. The molecule has 10 heteroatoms. The van der Waals surface area contributed by atoms with Gasteiger partial charge in [-0.2, -0.15) is 8.75 Å². The van der Waals surface area contributed by atoms with Crippen molar-refractivity contribution in [1.82, 2.24) is 8.75 Å². The molecule has 0 saturated carbocycles. The number of halogens is 2. The number of nitro groups is 1. The van der Waals surface area contributed by atoms with E-state index in [0.29, 0.717) is 32.5 Å². The zero-order valence-electron chi connectivity index (χ0n) is 10.2. The lowest BCUT2D eigenvalue weighted by Gasteiger charge is -2.07. The molecule has 0 atom stereocenters. The summed E-state index contributed by atoms with van der Waals surface area (Å²) in [5.74, 6) is 0.0959. The van der Waals surface area contributed by atoms with Crippen molar-refractivity contribution in [3.63, 3.8) is 0 Å². The molecule has 2 aromatic heterocycles. The van der Waals surface area contributed by atoms with Gasteiger partial charge in [-0.05, 0) is 12.1 Å². The first-order valence-corrected chi connectivity index (χ1v) is 7.12. The van der Waals surface area contributed by atoms with Crippen LogP contribution in [-0.4, -0.2) is 13.7 Å². The van der Waals surface area contributed by atoms with E-state index in [0.717, 1.165) is 11.7 Å². The Kier molecular flexibility index (Phi) is 3.66. The lowest BCUT2D eigenvalue weighted by atomic mass is 10.2. The van der Waals surface area contributed by atoms with Gasteiger partial charge in [0.2, 0.25) is 0 Å². The highest BCUT2D eigenvalue weighted by atomic mass is 35.5. The van der Waals surface area contributed by atoms with Crippen LogP contribution in [0, 0.1) is 10.1 Å². The molecule has 7 nitrogen and oxygen atoms in total. The van der Waals surface area contributed by atoms with Gasteiger partial charge in [-0.1, -0.05) is 23.2 Å². The molecule has 0 aliphatic carbocycles. The van der Waals surface area contributed by atoms with Crippen LogP contribution in [0.3, 0.4) is 0 Å². The van der Waals surface area contributed by atoms with Crippen molar-refractivity contribution < 1.29 is 9.34 Å². The molecule has 2 heterocycles. The first-order chi connectivity index (χ1) is 10.1. The van der Waals surface area contributed by atoms with Crippen LogP contribution in [0.5, 0.6) is 0 Å². The Labute approximate surface area is 132 Å². The Bertz CT molecular complexity index is 832. The molecule has 0 bridgehead atoms. The summed E-state index contributed by atoms with van der Waals surface area (Å²) in [5, 5.41) is 14.4. The first-order valence-electron chi connectivity index (χ1n) is 5.63. The average Bonchev–Trinajstić information content (AvgIpc) is 3.06. The molecule has 0 aliphatic heterocycles. The van der Waals surface area contributed by atoms with E-state index in [4.69, 9.17) is 27.6 Å². The number of anilines is 1. The van der Waals surface area contributed by atoms with Gasteiger partial charge in [0, 0.05) is 0 Å². The fraction of sp³-hybridized carbons (Fsp3) is 0.0909. The second-order valence-corrected chi connectivity index (χ2v) is 5.37. The van der Waals surface area contributed by atoms with Crippen molar-refractivity contribution in [3.8, 4) is 0 Å². The molecule has 108 valence electrons. The predicted octanol–water partition coefficient (Wildman–Crippen LogP) is 4.11. The Morgan fingerprint density at radius 3 is 2.76 bits per heavy atom. The normalized spacial score (nSPS) is 11.0. The Morgan fingerprint density at radius 1 is 1.29 bits per heavy atom. The zero-order chi connectivity index (χ0) is 15.0. The van der Waals surface area contributed by atoms with Gasteiger partial charge in [-0.3, -0.25) is 10.1 Å². The van der Waals surface area contributed by atoms with E-state index in [9.17, 15) is 10.1 Å². The first kappa shape index (κ1) is 14.1. The number of hydrogen-bond acceptors (Lipinski definition) is 7. The van der Waals surface area contributed by atoms with E-state index in [1.165, 1.54) is 12.1 Å². The Balaban J connectivity index is 1.88. The van der Waals surface area contributed by atoms with Crippen molar-refractivity contribution >= 4 is 57.5 Å². The SMILES string of the molecule is O=[N+]([O-])c1ccc(CNc2c(Cl)cc(Cl)c3nsnc23)o1. The highest BCUT2D eigenvalue weighted by Crippen LogP contribution is 2.35. The predicted molar refractivity (Wildman–Crippen MR) is 80.1 cm³/mol. The van der Waals surface area contributed by atoms with Crippen LogP contribution in [0.25, 0.3) is 11.0 Å². The van der Waals surface area contributed by atoms with Crippen LogP contribution in [0.1, 0.15) is 5.76 Å². The fourth-order valence-electron chi connectivity index (χ4n) is 1.78. The molecule has 0 saturated heterocycles. The van der Waals surface area contributed by atoms with Crippen molar-refractivity contribution in [2.24, 2.45) is 0 Å². The lowest BCUT2D eigenvalue weighted by molar-refractivity contribution is -0.402. The number of nitrogens with one attached hydrogen (secondary N) is 1. The molecule has 1 N–H and O–H groups in total. The van der Waals surface area contributed by atoms with Crippen molar-refractivity contribution in [3.05, 3.63) is 44.1 Å². The van der Waals surface area contributed by atoms with E-state index in [1.807, 2.05) is 0 Å². The third kappa shape index (κ3) is 2.65. The minimum Gasteiger partial charge on any atom is -0.404 e. The highest BCUT2D eigenvalue weighted by Gasteiger charge is 2.15. The fourth-order valence-corrected chi connectivity index (χ4v) is 2.96. The molecular formula is C11H6Cl2N4O3S. The standard InChI is InChI=1S/C11H6Cl2N4O3S/c12-6-3-7(13)10-11(16-21-15-10)9(6)14-4-5-1-2-8(20-5)17(18)19/h1-3,14H,4H2. The Hall–Kier alpha value is -1.90. The van der Waals surface area contributed by atoms with Gasteiger partial charge < -0.3 is 9.73 Å². The van der Waals surface area contributed by atoms with Crippen LogP contribution >= 0.6 is 34.9 Å². The summed E-state index contributed by atoms with van der Waals surface area (Å²) in [6, 6.07) is 4.38. The van der Waals surface area contributed by atoms with Crippen LogP contribution in [0.4, 0.5) is 11.6 Å². The van der Waals surface area contributed by atoms with Crippen LogP contribution < -0.4 is 5.32 Å². The van der Waals surface area contributed by atoms with Crippen molar-refractivity contribution in [1.29, 1.82) is 0 Å². The molecule has 21 heavy (non-hydrogen) atoms. The average molecular weight is 345 g/mol. The maximum Gasteiger partial charge on any atom is 0.433 e. The van der Waals surface area contributed by atoms with Crippen LogP contribution in [0.15, 0.2) is 22.6 Å². The Morgan fingerprint density at radius 2 is 2.05 bits per heavy atom. The number of nitrogens with zero attached hydrogens (tertiary/aromatic N) is 3. The maximum atomic E-state index is 10.6. The van der Waals surface area contributed by atoms with E-state index >= 15 is 0 Å². The molecule has 0 amide bonds. The molecule has 0 spiro atoms. The number of fused-ring (bicyclic) bond motifs is 1. The van der Waals surface area contributed by atoms with E-state index < -0.39 is 4.92 Å². The summed E-state index contributed by atoms with van der Waals surface area (Å²) in [4.78, 5) is 9.96. The van der Waals surface area contributed by atoms with Crippen LogP contribution in [-0.2, 0) is 6.54 Å². The minimum atomic E-state index is -0.596. The number of furan rings is 1. The van der Waals surface area contributed by atoms with Crippen molar-refractivity contribution in [2.45, 2.75) is 6.54 Å². The topological polar surface area (TPSA) is 94.1 Å². The minimum absolute atomic E-state index is 0.224. The van der Waals surface area contributed by atoms with E-state index in [-0.39, 0.29) is 12.4 Å². The highest BCUT2D eigenvalue weighted by molar-refractivity contribution is 7.00. The van der Waals surface area contributed by atoms with Crippen LogP contribution in [0.2, 0.25) is 10.0 Å². The summed E-state index contributed by atoms with van der Waals surface area (Å²) in [7, 11) is 0. The molecule has 3 rings (SSSR count). The van der Waals surface area contributed by atoms with Gasteiger partial charge in [-0.25, -0.2) is 0 Å². The lowest BCUT2D eigenvalue weighted by Crippen LogP contribution is -2.00. The number of aromatic nitrogens is 2. The van der Waals surface area contributed by atoms with Gasteiger partial charge >= 0.3 is 5.88 Å². The smallest absolute Gasteiger partial charge is 0.404 e. The van der Waals surface area contributed by atoms with Gasteiger partial charge in [0.1, 0.15) is 21.7 Å². The molecular weight excluding hydrogens is 339 g/mol. The maximum absolute atomic E-state index is 10.6. The quantitative estimate of drug-likeness (QED) is 0.565. The third-order valence-electron chi connectivity index (χ3n) is 2.71. The second-order valence-electron chi connectivity index (χ2n) is 4.03. The monoisotopic (exact) mass is 344 g/mol. The molecule has 0 fully saturated rings. The number of rotatable bonds is 4. The van der Waals surface area contributed by atoms with Gasteiger partial charge in [-0.15, -0.1) is 0 Å². The molecule has 0 aliphatic rings. The zero-order valence-corrected chi connectivity index (χ0v) is 12.5. The molecule has 0 unspecified atom stereocenters. The molecule has 3 aromatic rings. The van der Waals surface area contributed by atoms with E-state index in [1.54, 1.807) is 6.07 Å². The second kappa shape index (κ2) is 5.47. The summed E-state index contributed by atoms with van der Waals surface area (Å²) in [5.41, 5.74) is 1.67. The summed E-state index contributed by atoms with van der Waals surface area (Å²) in [6.45, 7) is 0.224. The van der Waals surface area contributed by atoms with E-state index in [2.05, 4.69) is 14.1 Å². The summed E-state index contributed by atoms with van der Waals surface area (Å²) < 4.78 is 13.3. The summed E-state index contributed by atoms with van der Waals surface area (Å²) >= 11 is 13.2.